The fourth-order valence-electron chi connectivity index (χ4n) is 1.57. The zero-order valence-electron chi connectivity index (χ0n) is 14.7. The minimum atomic E-state index is -1.05. The third-order valence-electron chi connectivity index (χ3n) is 2.30. The number of carboxylic acids is 1. The molecule has 0 aromatic rings. The van der Waals surface area contributed by atoms with Gasteiger partial charge in [0.2, 0.25) is 0 Å². The summed E-state index contributed by atoms with van der Waals surface area (Å²) in [6.45, 7) is 10.5. The van der Waals surface area contributed by atoms with Crippen molar-refractivity contribution >= 4 is 18.2 Å². The van der Waals surface area contributed by atoms with Gasteiger partial charge in [0.25, 0.3) is 0 Å². The molecule has 134 valence electrons. The van der Waals surface area contributed by atoms with Gasteiger partial charge in [-0.15, -0.1) is 0 Å². The Morgan fingerprint density at radius 1 is 0.957 bits per heavy atom. The Hall–Kier alpha value is -1.99. The molecule has 3 N–H and O–H groups in total. The van der Waals surface area contributed by atoms with Gasteiger partial charge in [-0.1, -0.05) is 0 Å². The molecule has 0 bridgehead atoms. The van der Waals surface area contributed by atoms with Crippen molar-refractivity contribution in [1.29, 1.82) is 0 Å². The fraction of sp³-hybridized carbons (Fsp3) is 0.800. The number of rotatable bonds is 6. The summed E-state index contributed by atoms with van der Waals surface area (Å²) in [5.74, 6) is -1.05. The van der Waals surface area contributed by atoms with Crippen molar-refractivity contribution in [1.82, 2.24) is 10.6 Å². The first kappa shape index (κ1) is 21.0. The van der Waals surface area contributed by atoms with Crippen LogP contribution in [0.25, 0.3) is 0 Å². The highest BCUT2D eigenvalue weighted by Gasteiger charge is 2.22. The molecule has 0 aromatic carbocycles. The monoisotopic (exact) mass is 332 g/mol. The van der Waals surface area contributed by atoms with E-state index < -0.39 is 35.4 Å². The minimum Gasteiger partial charge on any atom is -0.481 e. The number of ether oxygens (including phenoxy) is 2. The molecule has 0 fully saturated rings. The summed E-state index contributed by atoms with van der Waals surface area (Å²) in [5.41, 5.74) is -1.29. The molecule has 1 unspecified atom stereocenters. The van der Waals surface area contributed by atoms with Gasteiger partial charge in [0.15, 0.2) is 0 Å². The van der Waals surface area contributed by atoms with Crippen LogP contribution in [0.1, 0.15) is 54.4 Å². The van der Waals surface area contributed by atoms with Crippen LogP contribution in [0.5, 0.6) is 0 Å². The molecular weight excluding hydrogens is 304 g/mol. The number of carbonyl (C=O) groups is 3. The number of carbonyl (C=O) groups excluding carboxylic acids is 2. The molecular formula is C15H28N2O6. The van der Waals surface area contributed by atoms with Crippen LogP contribution < -0.4 is 10.6 Å². The Morgan fingerprint density at radius 2 is 1.43 bits per heavy atom. The Labute approximate surface area is 136 Å². The fourth-order valence-corrected chi connectivity index (χ4v) is 1.57. The average molecular weight is 332 g/mol. The summed E-state index contributed by atoms with van der Waals surface area (Å²) in [5, 5.41) is 13.9. The third kappa shape index (κ3) is 13.4. The number of aliphatic carboxylic acids is 1. The van der Waals surface area contributed by atoms with E-state index in [9.17, 15) is 14.4 Å². The van der Waals surface area contributed by atoms with E-state index in [-0.39, 0.29) is 19.4 Å². The number of alkyl carbamates (subject to hydrolysis) is 2. The first-order valence-electron chi connectivity index (χ1n) is 7.46. The molecule has 0 saturated carbocycles. The number of carboxylic acid groups (broad SMARTS) is 1. The van der Waals surface area contributed by atoms with Crippen molar-refractivity contribution in [2.45, 2.75) is 71.6 Å². The molecule has 0 radical (unpaired) electrons. The van der Waals surface area contributed by atoms with Crippen LogP contribution in [0.3, 0.4) is 0 Å². The lowest BCUT2D eigenvalue weighted by atomic mass is 10.1. The first-order chi connectivity index (χ1) is 10.3. The maximum Gasteiger partial charge on any atom is 0.407 e. The van der Waals surface area contributed by atoms with Crippen LogP contribution in [0, 0.1) is 0 Å². The predicted octanol–water partition coefficient (Wildman–Crippen LogP) is 2.27. The summed E-state index contributed by atoms with van der Waals surface area (Å²) >= 11 is 0. The summed E-state index contributed by atoms with van der Waals surface area (Å²) in [4.78, 5) is 34.1. The second-order valence-electron chi connectivity index (χ2n) is 7.16. The van der Waals surface area contributed by atoms with Crippen LogP contribution in [-0.4, -0.2) is 47.1 Å². The smallest absolute Gasteiger partial charge is 0.407 e. The molecule has 2 amide bonds. The van der Waals surface area contributed by atoms with Gasteiger partial charge >= 0.3 is 18.2 Å². The van der Waals surface area contributed by atoms with Crippen molar-refractivity contribution in [2.75, 3.05) is 6.54 Å². The van der Waals surface area contributed by atoms with Gasteiger partial charge in [0.05, 0.1) is 6.42 Å². The highest BCUT2D eigenvalue weighted by molar-refractivity contribution is 5.71. The standard InChI is InChI=1S/C15H28N2O6/c1-14(2,3)22-12(20)16-8-7-10(9-11(18)19)17-13(21)23-15(4,5)6/h10H,7-9H2,1-6H3,(H,16,20)(H,17,21)(H,18,19). The molecule has 8 nitrogen and oxygen atoms in total. The Bertz CT molecular complexity index is 423. The normalized spacial score (nSPS) is 13.0. The molecule has 0 aliphatic carbocycles. The topological polar surface area (TPSA) is 114 Å². The molecule has 0 aliphatic rings. The molecule has 0 heterocycles. The van der Waals surface area contributed by atoms with Crippen LogP contribution in [0.4, 0.5) is 9.59 Å². The Kier molecular flexibility index (Phi) is 7.85. The Balaban J connectivity index is 4.38. The third-order valence-corrected chi connectivity index (χ3v) is 2.30. The summed E-state index contributed by atoms with van der Waals surface area (Å²) < 4.78 is 10.2. The van der Waals surface area contributed by atoms with E-state index in [4.69, 9.17) is 14.6 Å². The summed E-state index contributed by atoms with van der Waals surface area (Å²) in [6, 6.07) is -0.655. The van der Waals surface area contributed by atoms with E-state index in [1.165, 1.54) is 0 Å². The summed E-state index contributed by atoms with van der Waals surface area (Å²) in [6.07, 6.45) is -1.31. The number of hydrogen-bond donors (Lipinski definition) is 3. The van der Waals surface area contributed by atoms with Crippen LogP contribution >= 0.6 is 0 Å². The maximum atomic E-state index is 11.7. The molecule has 0 saturated heterocycles. The van der Waals surface area contributed by atoms with Gasteiger partial charge in [-0.25, -0.2) is 9.59 Å². The summed E-state index contributed by atoms with van der Waals surface area (Å²) in [7, 11) is 0. The van der Waals surface area contributed by atoms with Crippen LogP contribution in [-0.2, 0) is 14.3 Å². The van der Waals surface area contributed by atoms with Crippen LogP contribution in [0.2, 0.25) is 0 Å². The Morgan fingerprint density at radius 3 is 1.87 bits per heavy atom. The lowest BCUT2D eigenvalue weighted by Crippen LogP contribution is -2.42. The highest BCUT2D eigenvalue weighted by Crippen LogP contribution is 2.09. The van der Waals surface area contributed by atoms with Crippen molar-refractivity contribution in [3.63, 3.8) is 0 Å². The van der Waals surface area contributed by atoms with E-state index in [0.29, 0.717) is 0 Å². The van der Waals surface area contributed by atoms with Gasteiger partial charge in [-0.2, -0.15) is 0 Å². The molecule has 0 aromatic heterocycles. The molecule has 23 heavy (non-hydrogen) atoms. The minimum absolute atomic E-state index is 0.169. The SMILES string of the molecule is CC(C)(C)OC(=O)NCCC(CC(=O)O)NC(=O)OC(C)(C)C. The molecule has 0 spiro atoms. The number of amides is 2. The second-order valence-corrected chi connectivity index (χ2v) is 7.16. The van der Waals surface area contributed by atoms with Gasteiger partial charge in [-0.05, 0) is 48.0 Å². The zero-order valence-corrected chi connectivity index (χ0v) is 14.7. The quantitative estimate of drug-likeness (QED) is 0.687. The largest absolute Gasteiger partial charge is 0.481 e. The van der Waals surface area contributed by atoms with E-state index >= 15 is 0 Å². The lowest BCUT2D eigenvalue weighted by molar-refractivity contribution is -0.137. The highest BCUT2D eigenvalue weighted by atomic mass is 16.6. The molecule has 1 atom stereocenters. The zero-order chi connectivity index (χ0) is 18.3. The second kappa shape index (κ2) is 8.59. The van der Waals surface area contributed by atoms with Crippen molar-refractivity contribution in [3.05, 3.63) is 0 Å². The lowest BCUT2D eigenvalue weighted by Gasteiger charge is -2.23. The van der Waals surface area contributed by atoms with E-state index in [2.05, 4.69) is 10.6 Å². The van der Waals surface area contributed by atoms with Gasteiger partial charge < -0.3 is 25.2 Å². The van der Waals surface area contributed by atoms with Gasteiger partial charge in [-0.3, -0.25) is 4.79 Å². The predicted molar refractivity (Wildman–Crippen MR) is 84.3 cm³/mol. The van der Waals surface area contributed by atoms with Gasteiger partial charge in [0, 0.05) is 12.6 Å². The van der Waals surface area contributed by atoms with Crippen molar-refractivity contribution in [3.8, 4) is 0 Å². The maximum absolute atomic E-state index is 11.7. The van der Waals surface area contributed by atoms with Crippen molar-refractivity contribution < 1.29 is 29.0 Å². The number of hydrogen-bond acceptors (Lipinski definition) is 5. The van der Waals surface area contributed by atoms with Gasteiger partial charge in [0.1, 0.15) is 11.2 Å². The number of nitrogens with one attached hydrogen (secondary N) is 2. The van der Waals surface area contributed by atoms with E-state index in [0.717, 1.165) is 0 Å². The van der Waals surface area contributed by atoms with Crippen LogP contribution in [0.15, 0.2) is 0 Å². The average Bonchev–Trinajstić information content (AvgIpc) is 2.21. The van der Waals surface area contributed by atoms with E-state index in [1.807, 2.05) is 0 Å². The molecule has 0 rings (SSSR count). The van der Waals surface area contributed by atoms with E-state index in [1.54, 1.807) is 41.5 Å². The molecule has 8 heteroatoms. The van der Waals surface area contributed by atoms with Crippen molar-refractivity contribution in [2.24, 2.45) is 0 Å². The first-order valence-corrected chi connectivity index (χ1v) is 7.46. The molecule has 0 aliphatic heterocycles.